The van der Waals surface area contributed by atoms with Crippen LogP contribution in [0.5, 0.6) is 0 Å². The molecule has 37 heavy (non-hydrogen) atoms. The third-order valence-electron chi connectivity index (χ3n) is 6.80. The van der Waals surface area contributed by atoms with Gasteiger partial charge in [0.2, 0.25) is 0 Å². The van der Waals surface area contributed by atoms with Crippen LogP contribution in [-0.4, -0.2) is 48.3 Å². The normalized spacial score (nSPS) is 14.5. The van der Waals surface area contributed by atoms with Crippen LogP contribution >= 0.6 is 0 Å². The maximum Gasteiger partial charge on any atom is 0.273 e. The molecule has 0 saturated carbocycles. The molecule has 0 bridgehead atoms. The Labute approximate surface area is 217 Å². The molecular weight excluding hydrogens is 475 g/mol. The second-order valence-corrected chi connectivity index (χ2v) is 9.77. The van der Waals surface area contributed by atoms with Gasteiger partial charge in [0, 0.05) is 68.0 Å². The molecule has 8 heteroatoms. The Bertz CT molecular complexity index is 1320. The van der Waals surface area contributed by atoms with Crippen molar-refractivity contribution in [1.82, 2.24) is 15.1 Å². The highest BCUT2D eigenvalue weighted by atomic mass is 19.3. The molecule has 1 N–H and O–H groups in total. The van der Waals surface area contributed by atoms with Gasteiger partial charge in [-0.2, -0.15) is 5.10 Å². The van der Waals surface area contributed by atoms with Crippen LogP contribution in [0.15, 0.2) is 30.3 Å². The number of piperazine rings is 1. The predicted octanol–water partition coefficient (Wildman–Crippen LogP) is 6.09. The standard InChI is InChI=1S/C29H34F3N5/c1-5-6-7-8-10-21-17-23-20(2)34-35-28(24(23)18-26(21)37-15-13-36(4)14-16-37)33-19-22-11-9-12-25(27(22)30)29(3,31)32/h9,11-12,17-18H,5-7,13-16,19H2,1-4H3,(H,33,35). The van der Waals surface area contributed by atoms with Crippen molar-refractivity contribution in [2.75, 3.05) is 43.4 Å². The van der Waals surface area contributed by atoms with E-state index in [0.29, 0.717) is 12.7 Å². The number of fused-ring (bicyclic) bond motifs is 1. The quantitative estimate of drug-likeness (QED) is 0.308. The summed E-state index contributed by atoms with van der Waals surface area (Å²) < 4.78 is 42.5. The Morgan fingerprint density at radius 1 is 1.08 bits per heavy atom. The molecule has 0 atom stereocenters. The summed E-state index contributed by atoms with van der Waals surface area (Å²) in [6, 6.07) is 8.21. The fourth-order valence-electron chi connectivity index (χ4n) is 4.51. The lowest BCUT2D eigenvalue weighted by Crippen LogP contribution is -2.44. The molecule has 0 spiro atoms. The number of aryl methyl sites for hydroxylation is 1. The monoisotopic (exact) mass is 509 g/mol. The number of nitrogens with zero attached hydrogens (tertiary/aromatic N) is 4. The third kappa shape index (κ3) is 6.16. The first-order chi connectivity index (χ1) is 17.7. The molecule has 4 rings (SSSR count). The smallest absolute Gasteiger partial charge is 0.273 e. The van der Waals surface area contributed by atoms with Gasteiger partial charge in [-0.3, -0.25) is 0 Å². The van der Waals surface area contributed by atoms with E-state index in [9.17, 15) is 13.2 Å². The van der Waals surface area contributed by atoms with Gasteiger partial charge in [-0.25, -0.2) is 13.2 Å². The fourth-order valence-corrected chi connectivity index (χ4v) is 4.51. The van der Waals surface area contributed by atoms with Crippen LogP contribution in [0, 0.1) is 24.6 Å². The molecule has 0 radical (unpaired) electrons. The number of aromatic nitrogens is 2. The van der Waals surface area contributed by atoms with E-state index in [1.54, 1.807) is 0 Å². The molecule has 0 unspecified atom stereocenters. The van der Waals surface area contributed by atoms with Crippen LogP contribution < -0.4 is 10.2 Å². The minimum atomic E-state index is -3.26. The zero-order chi connectivity index (χ0) is 26.6. The second kappa shape index (κ2) is 11.4. The number of hydrogen-bond acceptors (Lipinski definition) is 5. The topological polar surface area (TPSA) is 44.3 Å². The predicted molar refractivity (Wildman–Crippen MR) is 144 cm³/mol. The van der Waals surface area contributed by atoms with Crippen LogP contribution in [0.1, 0.15) is 55.5 Å². The molecule has 5 nitrogen and oxygen atoms in total. The van der Waals surface area contributed by atoms with Gasteiger partial charge in [0.1, 0.15) is 5.82 Å². The Kier molecular flexibility index (Phi) is 8.23. The Balaban J connectivity index is 1.73. The molecular formula is C29H34F3N5. The minimum absolute atomic E-state index is 0.00497. The van der Waals surface area contributed by atoms with Crippen molar-refractivity contribution in [3.8, 4) is 11.8 Å². The summed E-state index contributed by atoms with van der Waals surface area (Å²) in [4.78, 5) is 4.64. The lowest BCUT2D eigenvalue weighted by molar-refractivity contribution is 0.0136. The summed E-state index contributed by atoms with van der Waals surface area (Å²) in [6.07, 6.45) is 3.00. The summed E-state index contributed by atoms with van der Waals surface area (Å²) in [6.45, 7) is 8.43. The number of rotatable bonds is 7. The van der Waals surface area contributed by atoms with E-state index < -0.39 is 17.3 Å². The summed E-state index contributed by atoms with van der Waals surface area (Å²) >= 11 is 0. The van der Waals surface area contributed by atoms with E-state index in [-0.39, 0.29) is 12.1 Å². The number of likely N-dealkylation sites (N-methyl/N-ethyl adjacent to an activating group) is 1. The van der Waals surface area contributed by atoms with E-state index in [4.69, 9.17) is 0 Å². The zero-order valence-electron chi connectivity index (χ0n) is 22.0. The average molecular weight is 510 g/mol. The van der Waals surface area contributed by atoms with Gasteiger partial charge < -0.3 is 15.1 Å². The first-order valence-corrected chi connectivity index (χ1v) is 12.8. The van der Waals surface area contributed by atoms with E-state index in [0.717, 1.165) is 79.2 Å². The van der Waals surface area contributed by atoms with E-state index >= 15 is 0 Å². The van der Waals surface area contributed by atoms with Crippen LogP contribution in [0.25, 0.3) is 10.8 Å². The van der Waals surface area contributed by atoms with Gasteiger partial charge in [0.05, 0.1) is 16.9 Å². The highest BCUT2D eigenvalue weighted by Gasteiger charge is 2.29. The van der Waals surface area contributed by atoms with E-state index in [2.05, 4.69) is 63.3 Å². The van der Waals surface area contributed by atoms with Crippen LogP contribution in [0.2, 0.25) is 0 Å². The van der Waals surface area contributed by atoms with Crippen molar-refractivity contribution in [2.24, 2.45) is 0 Å². The number of anilines is 2. The Morgan fingerprint density at radius 2 is 1.84 bits per heavy atom. The van der Waals surface area contributed by atoms with Crippen molar-refractivity contribution >= 4 is 22.3 Å². The molecule has 1 aliphatic rings. The van der Waals surface area contributed by atoms with Crippen molar-refractivity contribution in [3.63, 3.8) is 0 Å². The Morgan fingerprint density at radius 3 is 2.54 bits per heavy atom. The molecule has 0 amide bonds. The first-order valence-electron chi connectivity index (χ1n) is 12.8. The van der Waals surface area contributed by atoms with Crippen LogP contribution in [-0.2, 0) is 12.5 Å². The zero-order valence-corrected chi connectivity index (χ0v) is 22.0. The summed E-state index contributed by atoms with van der Waals surface area (Å²) in [5, 5.41) is 13.5. The summed E-state index contributed by atoms with van der Waals surface area (Å²) in [5.41, 5.74) is 2.29. The van der Waals surface area contributed by atoms with E-state index in [1.165, 1.54) is 12.1 Å². The number of alkyl halides is 2. The molecule has 1 saturated heterocycles. The van der Waals surface area contributed by atoms with Crippen LogP contribution in [0.4, 0.5) is 24.7 Å². The van der Waals surface area contributed by atoms with Gasteiger partial charge in [-0.05, 0) is 32.5 Å². The number of nitrogens with one attached hydrogen (secondary N) is 1. The van der Waals surface area contributed by atoms with Gasteiger partial charge >= 0.3 is 0 Å². The van der Waals surface area contributed by atoms with Gasteiger partial charge in [-0.15, -0.1) is 5.10 Å². The molecule has 0 aliphatic carbocycles. The number of halogens is 3. The summed E-state index contributed by atoms with van der Waals surface area (Å²) in [7, 11) is 2.12. The largest absolute Gasteiger partial charge is 0.368 e. The molecule has 1 fully saturated rings. The van der Waals surface area contributed by atoms with Crippen molar-refractivity contribution in [3.05, 3.63) is 58.5 Å². The van der Waals surface area contributed by atoms with Gasteiger partial charge in [-0.1, -0.05) is 43.4 Å². The molecule has 2 heterocycles. The number of hydrogen-bond donors (Lipinski definition) is 1. The second-order valence-electron chi connectivity index (χ2n) is 9.77. The lowest BCUT2D eigenvalue weighted by atomic mass is 10.0. The highest BCUT2D eigenvalue weighted by molar-refractivity contribution is 5.97. The maximum atomic E-state index is 14.8. The van der Waals surface area contributed by atoms with Gasteiger partial charge in [0.15, 0.2) is 5.82 Å². The lowest BCUT2D eigenvalue weighted by Gasteiger charge is -2.35. The maximum absolute atomic E-state index is 14.8. The van der Waals surface area contributed by atoms with E-state index in [1.807, 2.05) is 6.92 Å². The first kappa shape index (κ1) is 26.7. The van der Waals surface area contributed by atoms with Crippen molar-refractivity contribution < 1.29 is 13.2 Å². The molecule has 1 aliphatic heterocycles. The molecule has 2 aromatic carbocycles. The van der Waals surface area contributed by atoms with Crippen molar-refractivity contribution in [1.29, 1.82) is 0 Å². The average Bonchev–Trinajstić information content (AvgIpc) is 2.86. The highest BCUT2D eigenvalue weighted by Crippen LogP contribution is 2.33. The molecule has 196 valence electrons. The number of unbranched alkanes of at least 4 members (excludes halogenated alkanes) is 2. The molecule has 3 aromatic rings. The minimum Gasteiger partial charge on any atom is -0.368 e. The number of benzene rings is 2. The fraction of sp³-hybridized carbons (Fsp3) is 0.448. The summed E-state index contributed by atoms with van der Waals surface area (Å²) in [5.74, 6) is 3.02. The SMILES string of the molecule is CCCCC#Cc1cc2c(C)nnc(NCc3cccc(C(C)(F)F)c3F)c2cc1N1CCN(C)CC1. The third-order valence-corrected chi connectivity index (χ3v) is 6.80. The Hall–Kier alpha value is -3.31. The van der Waals surface area contributed by atoms with Gasteiger partial charge in [0.25, 0.3) is 5.92 Å². The van der Waals surface area contributed by atoms with Crippen LogP contribution in [0.3, 0.4) is 0 Å². The van der Waals surface area contributed by atoms with Crippen molar-refractivity contribution in [2.45, 2.75) is 52.5 Å². The molecule has 1 aromatic heterocycles.